The van der Waals surface area contributed by atoms with Gasteiger partial charge in [0.1, 0.15) is 11.6 Å². The van der Waals surface area contributed by atoms with Gasteiger partial charge in [0.25, 0.3) is 5.56 Å². The van der Waals surface area contributed by atoms with Gasteiger partial charge in [0.2, 0.25) is 0 Å². The molecule has 1 saturated carbocycles. The smallest absolute Gasteiger partial charge is 0.373 e. The largest absolute Gasteiger partial charge is 0.391 e. The van der Waals surface area contributed by atoms with E-state index in [0.29, 0.717) is 24.5 Å². The Kier molecular flexibility index (Phi) is 4.94. The summed E-state index contributed by atoms with van der Waals surface area (Å²) in [5.74, 6) is 0.501. The summed E-state index contributed by atoms with van der Waals surface area (Å²) in [7, 11) is 1.68. The average molecular weight is 359 g/mol. The average Bonchev–Trinajstić information content (AvgIpc) is 3.07. The van der Waals surface area contributed by atoms with Gasteiger partial charge in [-0.3, -0.25) is 9.36 Å². The molecule has 4 nitrogen and oxygen atoms in total. The first-order valence-corrected chi connectivity index (χ1v) is 9.11. The van der Waals surface area contributed by atoms with E-state index in [0.717, 1.165) is 5.75 Å². The van der Waals surface area contributed by atoms with Crippen LogP contribution in [0.25, 0.3) is 0 Å². The van der Waals surface area contributed by atoms with Crippen LogP contribution in [-0.4, -0.2) is 28.5 Å². The maximum atomic E-state index is 12.9. The highest BCUT2D eigenvalue weighted by Gasteiger charge is 2.42. The summed E-state index contributed by atoms with van der Waals surface area (Å²) in [6, 6.07) is 1.37. The van der Waals surface area contributed by atoms with Crippen molar-refractivity contribution in [2.45, 2.75) is 43.8 Å². The van der Waals surface area contributed by atoms with E-state index in [1.807, 2.05) is 11.5 Å². The van der Waals surface area contributed by atoms with Crippen molar-refractivity contribution in [3.8, 4) is 0 Å². The highest BCUT2D eigenvalue weighted by atomic mass is 32.2. The SMILES string of the molecule is CNc1cc(=O)n(C2C=CSC2)c([C@H]2CC[C@@H](C(F)(F)F)CC2)n1. The molecule has 0 saturated heterocycles. The number of thioether (sulfide) groups is 1. The molecule has 1 fully saturated rings. The minimum absolute atomic E-state index is 0.0729. The lowest BCUT2D eigenvalue weighted by molar-refractivity contribution is -0.182. The fourth-order valence-corrected chi connectivity index (χ4v) is 4.31. The Morgan fingerprint density at radius 1 is 1.29 bits per heavy atom. The number of hydrogen-bond acceptors (Lipinski definition) is 4. The van der Waals surface area contributed by atoms with E-state index in [9.17, 15) is 18.0 Å². The Bertz CT molecular complexity index is 678. The fourth-order valence-electron chi connectivity index (χ4n) is 3.45. The van der Waals surface area contributed by atoms with Crippen LogP contribution in [0.3, 0.4) is 0 Å². The summed E-state index contributed by atoms with van der Waals surface area (Å²) in [6.45, 7) is 0. The molecule has 2 heterocycles. The van der Waals surface area contributed by atoms with Crippen molar-refractivity contribution in [2.24, 2.45) is 5.92 Å². The number of halogens is 3. The second kappa shape index (κ2) is 6.82. The Morgan fingerprint density at radius 3 is 2.54 bits per heavy atom. The molecule has 132 valence electrons. The zero-order valence-corrected chi connectivity index (χ0v) is 14.2. The highest BCUT2D eigenvalue weighted by molar-refractivity contribution is 8.02. The van der Waals surface area contributed by atoms with E-state index < -0.39 is 12.1 Å². The molecule has 1 unspecified atom stereocenters. The minimum Gasteiger partial charge on any atom is -0.373 e. The third kappa shape index (κ3) is 3.48. The number of nitrogens with one attached hydrogen (secondary N) is 1. The number of allylic oxidation sites excluding steroid dienone is 1. The Morgan fingerprint density at radius 2 is 2.00 bits per heavy atom. The third-order valence-corrected chi connectivity index (χ3v) is 5.67. The Hall–Kier alpha value is -1.44. The van der Waals surface area contributed by atoms with Crippen LogP contribution in [0.4, 0.5) is 19.0 Å². The number of anilines is 1. The van der Waals surface area contributed by atoms with Gasteiger partial charge < -0.3 is 5.32 Å². The van der Waals surface area contributed by atoms with Crippen LogP contribution in [0.15, 0.2) is 22.3 Å². The number of aromatic nitrogens is 2. The Balaban J connectivity index is 1.91. The molecule has 1 N–H and O–H groups in total. The van der Waals surface area contributed by atoms with Crippen LogP contribution in [0.2, 0.25) is 0 Å². The minimum atomic E-state index is -4.13. The molecular formula is C16H20F3N3OS. The third-order valence-electron chi connectivity index (χ3n) is 4.79. The van der Waals surface area contributed by atoms with Gasteiger partial charge in [0.05, 0.1) is 12.0 Å². The van der Waals surface area contributed by atoms with Gasteiger partial charge in [-0.2, -0.15) is 13.2 Å². The van der Waals surface area contributed by atoms with Gasteiger partial charge in [0.15, 0.2) is 0 Å². The summed E-state index contributed by atoms with van der Waals surface area (Å²) < 4.78 is 40.3. The summed E-state index contributed by atoms with van der Waals surface area (Å²) in [5, 5.41) is 4.82. The Labute approximate surface area is 142 Å². The second-order valence-electron chi connectivity index (χ2n) is 6.28. The van der Waals surface area contributed by atoms with Crippen molar-refractivity contribution in [1.82, 2.24) is 9.55 Å². The molecule has 1 atom stereocenters. The van der Waals surface area contributed by atoms with Gasteiger partial charge in [-0.25, -0.2) is 4.98 Å². The fraction of sp³-hybridized carbons (Fsp3) is 0.625. The van der Waals surface area contributed by atoms with Crippen molar-refractivity contribution < 1.29 is 13.2 Å². The topological polar surface area (TPSA) is 46.9 Å². The maximum Gasteiger partial charge on any atom is 0.391 e. The van der Waals surface area contributed by atoms with Crippen molar-refractivity contribution in [3.05, 3.63) is 33.7 Å². The van der Waals surface area contributed by atoms with Crippen molar-refractivity contribution in [3.63, 3.8) is 0 Å². The molecule has 0 amide bonds. The van der Waals surface area contributed by atoms with Crippen LogP contribution >= 0.6 is 11.8 Å². The lowest BCUT2D eigenvalue weighted by atomic mass is 9.81. The summed E-state index contributed by atoms with van der Waals surface area (Å²) in [5.41, 5.74) is -0.153. The van der Waals surface area contributed by atoms with Crippen molar-refractivity contribution in [1.29, 1.82) is 0 Å². The second-order valence-corrected chi connectivity index (χ2v) is 7.22. The molecule has 2 aliphatic rings. The van der Waals surface area contributed by atoms with Gasteiger partial charge in [-0.05, 0) is 31.1 Å². The summed E-state index contributed by atoms with van der Waals surface area (Å²) >= 11 is 1.62. The van der Waals surface area contributed by atoms with E-state index in [1.165, 1.54) is 6.07 Å². The molecule has 1 aliphatic heterocycles. The molecule has 1 aromatic heterocycles. The van der Waals surface area contributed by atoms with Gasteiger partial charge >= 0.3 is 6.18 Å². The number of alkyl halides is 3. The number of rotatable bonds is 3. The number of nitrogens with zero attached hydrogens (tertiary/aromatic N) is 2. The van der Waals surface area contributed by atoms with E-state index in [1.54, 1.807) is 23.4 Å². The quantitative estimate of drug-likeness (QED) is 0.889. The maximum absolute atomic E-state index is 12.9. The normalized spacial score (nSPS) is 27.4. The van der Waals surface area contributed by atoms with Gasteiger partial charge in [-0.1, -0.05) is 6.08 Å². The monoisotopic (exact) mass is 359 g/mol. The predicted molar refractivity (Wildman–Crippen MR) is 89.4 cm³/mol. The first-order chi connectivity index (χ1) is 11.4. The van der Waals surface area contributed by atoms with Crippen molar-refractivity contribution >= 4 is 17.6 Å². The molecule has 1 aromatic rings. The molecule has 0 spiro atoms. The molecule has 0 radical (unpaired) electrons. The summed E-state index contributed by atoms with van der Waals surface area (Å²) in [4.78, 5) is 17.1. The van der Waals surface area contributed by atoms with Crippen LogP contribution in [0.1, 0.15) is 43.5 Å². The lowest BCUT2D eigenvalue weighted by Gasteiger charge is -2.31. The zero-order valence-electron chi connectivity index (χ0n) is 13.3. The highest BCUT2D eigenvalue weighted by Crippen LogP contribution is 2.43. The van der Waals surface area contributed by atoms with Crippen LogP contribution in [0.5, 0.6) is 0 Å². The predicted octanol–water partition coefficient (Wildman–Crippen LogP) is 3.92. The van der Waals surface area contributed by atoms with Crippen LogP contribution in [0, 0.1) is 5.92 Å². The molecule has 0 aromatic carbocycles. The molecule has 8 heteroatoms. The van der Waals surface area contributed by atoms with Crippen LogP contribution < -0.4 is 10.9 Å². The first-order valence-electron chi connectivity index (χ1n) is 8.06. The molecule has 0 bridgehead atoms. The van der Waals surface area contributed by atoms with Crippen molar-refractivity contribution in [2.75, 3.05) is 18.1 Å². The molecule has 3 rings (SSSR count). The van der Waals surface area contributed by atoms with E-state index in [2.05, 4.69) is 10.3 Å². The van der Waals surface area contributed by atoms with Gasteiger partial charge in [0, 0.05) is 24.8 Å². The first kappa shape index (κ1) is 17.4. The molecule has 1 aliphatic carbocycles. The molecular weight excluding hydrogens is 339 g/mol. The van der Waals surface area contributed by atoms with Crippen LogP contribution in [-0.2, 0) is 0 Å². The van der Waals surface area contributed by atoms with E-state index in [-0.39, 0.29) is 30.4 Å². The number of hydrogen-bond donors (Lipinski definition) is 1. The standard InChI is InChI=1S/C16H20F3N3OS/c1-20-13-8-14(23)22(12-6-7-24-9-12)15(21-13)10-2-4-11(5-3-10)16(17,18)19/h6-8,10-12,20H,2-5,9H2,1H3/t10-,11+,12?. The summed E-state index contributed by atoms with van der Waals surface area (Å²) in [6.07, 6.45) is -1.15. The van der Waals surface area contributed by atoms with E-state index in [4.69, 9.17) is 0 Å². The zero-order chi connectivity index (χ0) is 17.3. The van der Waals surface area contributed by atoms with Gasteiger partial charge in [-0.15, -0.1) is 11.8 Å². The van der Waals surface area contributed by atoms with E-state index >= 15 is 0 Å². The lowest BCUT2D eigenvalue weighted by Crippen LogP contribution is -2.33. The molecule has 24 heavy (non-hydrogen) atoms.